The summed E-state index contributed by atoms with van der Waals surface area (Å²) in [5.74, 6) is -1.73. The maximum atomic E-state index is 11.9. The fourth-order valence-electron chi connectivity index (χ4n) is 1.61. The third-order valence-electron chi connectivity index (χ3n) is 2.63. The Kier molecular flexibility index (Phi) is 3.94. The molecule has 0 fully saturated rings. The first-order chi connectivity index (χ1) is 9.56. The van der Waals surface area contributed by atoms with E-state index in [2.05, 4.69) is 20.3 Å². The highest BCUT2D eigenvalue weighted by atomic mass is 16.4. The molecule has 8 nitrogen and oxygen atoms in total. The summed E-state index contributed by atoms with van der Waals surface area (Å²) in [6.45, 7) is 0. The Bertz CT molecular complexity index is 642. The fourth-order valence-corrected chi connectivity index (χ4v) is 1.61. The molecule has 0 spiro atoms. The number of carbonyl (C=O) groups is 2. The summed E-state index contributed by atoms with van der Waals surface area (Å²) in [7, 11) is 0. The van der Waals surface area contributed by atoms with Crippen LogP contribution in [0.5, 0.6) is 0 Å². The molecular weight excluding hydrogens is 264 g/mol. The maximum absolute atomic E-state index is 11.9. The quantitative estimate of drug-likeness (QED) is 0.586. The normalized spacial score (nSPS) is 11.8. The summed E-state index contributed by atoms with van der Waals surface area (Å²) >= 11 is 0. The molecule has 0 saturated carbocycles. The number of nitrogens with zero attached hydrogens (tertiary/aromatic N) is 1. The van der Waals surface area contributed by atoms with Gasteiger partial charge in [0.15, 0.2) is 0 Å². The van der Waals surface area contributed by atoms with Gasteiger partial charge in [-0.3, -0.25) is 9.59 Å². The SMILES string of the molecule is O=C(N[C@H](Cc1cnc[nH]1)C(=O)O)c1ccc(=O)[nH]c1. The van der Waals surface area contributed by atoms with Crippen LogP contribution in [-0.2, 0) is 11.2 Å². The number of aromatic amines is 2. The zero-order chi connectivity index (χ0) is 14.5. The molecule has 0 unspecified atom stereocenters. The van der Waals surface area contributed by atoms with E-state index in [4.69, 9.17) is 5.11 Å². The molecule has 1 atom stereocenters. The van der Waals surface area contributed by atoms with Crippen LogP contribution in [0.4, 0.5) is 0 Å². The second kappa shape index (κ2) is 5.83. The number of nitrogens with one attached hydrogen (secondary N) is 3. The number of imidazole rings is 1. The molecule has 0 aliphatic rings. The first-order valence-electron chi connectivity index (χ1n) is 5.76. The number of aliphatic carboxylic acids is 1. The minimum atomic E-state index is -1.16. The molecule has 0 aromatic carbocycles. The Labute approximate surface area is 112 Å². The Morgan fingerprint density at radius 1 is 1.35 bits per heavy atom. The zero-order valence-electron chi connectivity index (χ0n) is 10.3. The zero-order valence-corrected chi connectivity index (χ0v) is 10.3. The van der Waals surface area contributed by atoms with Crippen molar-refractivity contribution in [3.63, 3.8) is 0 Å². The molecule has 104 valence electrons. The van der Waals surface area contributed by atoms with Gasteiger partial charge in [-0.25, -0.2) is 9.78 Å². The average Bonchev–Trinajstić information content (AvgIpc) is 2.91. The van der Waals surface area contributed by atoms with E-state index in [1.54, 1.807) is 0 Å². The topological polar surface area (TPSA) is 128 Å². The number of carboxylic acid groups (broad SMARTS) is 1. The Morgan fingerprint density at radius 2 is 2.15 bits per heavy atom. The highest BCUT2D eigenvalue weighted by Crippen LogP contribution is 2.01. The number of carboxylic acids is 1. The van der Waals surface area contributed by atoms with E-state index >= 15 is 0 Å². The first kappa shape index (κ1) is 13.5. The molecule has 4 N–H and O–H groups in total. The number of amides is 1. The van der Waals surface area contributed by atoms with Crippen molar-refractivity contribution in [3.8, 4) is 0 Å². The van der Waals surface area contributed by atoms with E-state index in [1.165, 1.54) is 30.9 Å². The Morgan fingerprint density at radius 3 is 2.70 bits per heavy atom. The second-order valence-corrected chi connectivity index (χ2v) is 4.09. The predicted molar refractivity (Wildman–Crippen MR) is 68.2 cm³/mol. The highest BCUT2D eigenvalue weighted by Gasteiger charge is 2.21. The summed E-state index contributed by atoms with van der Waals surface area (Å²) in [5.41, 5.74) is 0.438. The molecule has 8 heteroatoms. The lowest BCUT2D eigenvalue weighted by Gasteiger charge is -2.13. The minimum absolute atomic E-state index is 0.0877. The van der Waals surface area contributed by atoms with Gasteiger partial charge < -0.3 is 20.4 Å². The van der Waals surface area contributed by atoms with Crippen molar-refractivity contribution < 1.29 is 14.7 Å². The van der Waals surface area contributed by atoms with Crippen LogP contribution in [0.25, 0.3) is 0 Å². The van der Waals surface area contributed by atoms with Crippen LogP contribution in [0.3, 0.4) is 0 Å². The largest absolute Gasteiger partial charge is 0.480 e. The predicted octanol–water partition coefficient (Wildman–Crippen LogP) is -0.476. The van der Waals surface area contributed by atoms with Gasteiger partial charge in [0.05, 0.1) is 11.9 Å². The summed E-state index contributed by atoms with van der Waals surface area (Å²) in [4.78, 5) is 42.8. The standard InChI is InChI=1S/C12H12N4O4/c17-10-2-1-7(4-14-10)11(18)16-9(12(19)20)3-8-5-13-6-15-8/h1-2,4-6,9H,3H2,(H,13,15)(H,14,17)(H,16,18)(H,19,20)/t9-/m1/s1. The molecule has 2 aromatic heterocycles. The maximum Gasteiger partial charge on any atom is 0.326 e. The lowest BCUT2D eigenvalue weighted by molar-refractivity contribution is -0.139. The van der Waals surface area contributed by atoms with Gasteiger partial charge in [-0.15, -0.1) is 0 Å². The van der Waals surface area contributed by atoms with Crippen LogP contribution in [0, 0.1) is 0 Å². The number of pyridine rings is 1. The fraction of sp³-hybridized carbons (Fsp3) is 0.167. The summed E-state index contributed by atoms with van der Waals surface area (Å²) in [6, 6.07) is 1.43. The van der Waals surface area contributed by atoms with Crippen molar-refractivity contribution in [1.82, 2.24) is 20.3 Å². The number of carbonyl (C=O) groups excluding carboxylic acids is 1. The molecule has 0 radical (unpaired) electrons. The van der Waals surface area contributed by atoms with Gasteiger partial charge in [-0.05, 0) is 6.07 Å². The Balaban J connectivity index is 2.08. The van der Waals surface area contributed by atoms with Crippen LogP contribution in [0.1, 0.15) is 16.1 Å². The number of aromatic nitrogens is 3. The van der Waals surface area contributed by atoms with Crippen LogP contribution < -0.4 is 10.9 Å². The average molecular weight is 276 g/mol. The second-order valence-electron chi connectivity index (χ2n) is 4.09. The van der Waals surface area contributed by atoms with E-state index in [9.17, 15) is 14.4 Å². The van der Waals surface area contributed by atoms with Gasteiger partial charge in [-0.2, -0.15) is 0 Å². The highest BCUT2D eigenvalue weighted by molar-refractivity contribution is 5.96. The molecule has 2 aromatic rings. The monoisotopic (exact) mass is 276 g/mol. The molecule has 20 heavy (non-hydrogen) atoms. The third-order valence-corrected chi connectivity index (χ3v) is 2.63. The van der Waals surface area contributed by atoms with Crippen LogP contribution in [0.15, 0.2) is 35.6 Å². The molecule has 2 heterocycles. The minimum Gasteiger partial charge on any atom is -0.480 e. The van der Waals surface area contributed by atoms with Crippen LogP contribution >= 0.6 is 0 Å². The number of rotatable bonds is 5. The lowest BCUT2D eigenvalue weighted by Crippen LogP contribution is -2.42. The van der Waals surface area contributed by atoms with E-state index < -0.39 is 17.9 Å². The van der Waals surface area contributed by atoms with Crippen molar-refractivity contribution in [1.29, 1.82) is 0 Å². The first-order valence-corrected chi connectivity index (χ1v) is 5.76. The summed E-state index contributed by atoms with van der Waals surface area (Å²) in [5, 5.41) is 11.5. The van der Waals surface area contributed by atoms with E-state index in [-0.39, 0.29) is 17.5 Å². The Hall–Kier alpha value is -2.90. The van der Waals surface area contributed by atoms with Crippen LogP contribution in [-0.4, -0.2) is 38.0 Å². The molecule has 0 bridgehead atoms. The molecular formula is C12H12N4O4. The third kappa shape index (κ3) is 3.31. The molecule has 0 saturated heterocycles. The van der Waals surface area contributed by atoms with Crippen molar-refractivity contribution in [2.45, 2.75) is 12.5 Å². The summed E-state index contributed by atoms with van der Waals surface area (Å²) in [6.07, 6.45) is 4.23. The van der Waals surface area contributed by atoms with E-state index in [1.807, 2.05) is 0 Å². The van der Waals surface area contributed by atoms with Crippen molar-refractivity contribution in [2.75, 3.05) is 0 Å². The molecule has 0 aliphatic carbocycles. The van der Waals surface area contributed by atoms with Gasteiger partial charge in [0.25, 0.3) is 5.91 Å². The van der Waals surface area contributed by atoms with Crippen molar-refractivity contribution >= 4 is 11.9 Å². The number of H-pyrrole nitrogens is 2. The van der Waals surface area contributed by atoms with Gasteiger partial charge in [-0.1, -0.05) is 0 Å². The van der Waals surface area contributed by atoms with Crippen molar-refractivity contribution in [3.05, 3.63) is 52.5 Å². The van der Waals surface area contributed by atoms with Gasteiger partial charge in [0, 0.05) is 30.6 Å². The van der Waals surface area contributed by atoms with E-state index in [0.29, 0.717) is 5.69 Å². The smallest absolute Gasteiger partial charge is 0.326 e. The molecule has 0 aliphatic heterocycles. The molecule has 1 amide bonds. The number of hydrogen-bond acceptors (Lipinski definition) is 4. The van der Waals surface area contributed by atoms with E-state index in [0.717, 1.165) is 0 Å². The van der Waals surface area contributed by atoms with Crippen molar-refractivity contribution in [2.24, 2.45) is 0 Å². The van der Waals surface area contributed by atoms with Gasteiger partial charge in [0.2, 0.25) is 5.56 Å². The summed E-state index contributed by atoms with van der Waals surface area (Å²) < 4.78 is 0. The van der Waals surface area contributed by atoms with Gasteiger partial charge in [0.1, 0.15) is 6.04 Å². The van der Waals surface area contributed by atoms with Crippen LogP contribution in [0.2, 0.25) is 0 Å². The van der Waals surface area contributed by atoms with Gasteiger partial charge >= 0.3 is 5.97 Å². The lowest BCUT2D eigenvalue weighted by atomic mass is 10.1. The number of hydrogen-bond donors (Lipinski definition) is 4. The molecule has 2 rings (SSSR count).